The topological polar surface area (TPSA) is 0 Å². The zero-order valence-corrected chi connectivity index (χ0v) is 11.0. The third-order valence-electron chi connectivity index (χ3n) is 1.66. The molecule has 0 N–H and O–H groups in total. The van der Waals surface area contributed by atoms with E-state index in [0.717, 1.165) is 5.56 Å². The van der Waals surface area contributed by atoms with Crippen LogP contribution in [0.15, 0.2) is 12.1 Å². The lowest BCUT2D eigenvalue weighted by molar-refractivity contribution is 1.02. The molecule has 0 saturated heterocycles. The number of halogens is 5. The SMILES string of the molecule is Cc1cc(Cl)c(CC(Cl)(Cl)Cl)c(Cl)c1. The van der Waals surface area contributed by atoms with Gasteiger partial charge in [-0.1, -0.05) is 58.0 Å². The minimum atomic E-state index is -1.37. The van der Waals surface area contributed by atoms with E-state index >= 15 is 0 Å². The lowest BCUT2D eigenvalue weighted by Crippen LogP contribution is -2.08. The van der Waals surface area contributed by atoms with Gasteiger partial charge in [0.05, 0.1) is 0 Å². The Hall–Kier alpha value is 0.670. The molecular weight excluding hydrogens is 285 g/mol. The largest absolute Gasteiger partial charge is 0.194 e. The molecule has 78 valence electrons. The van der Waals surface area contributed by atoms with Crippen molar-refractivity contribution in [1.29, 1.82) is 0 Å². The molecule has 0 saturated carbocycles. The summed E-state index contributed by atoms with van der Waals surface area (Å²) in [7, 11) is 0. The van der Waals surface area contributed by atoms with Crippen molar-refractivity contribution in [1.82, 2.24) is 0 Å². The standard InChI is InChI=1S/C9H7Cl5/c1-5-2-7(10)6(8(11)3-5)4-9(12,13)14/h2-3H,4H2,1H3. The van der Waals surface area contributed by atoms with Crippen molar-refractivity contribution >= 4 is 58.0 Å². The van der Waals surface area contributed by atoms with E-state index in [0.29, 0.717) is 15.6 Å². The maximum atomic E-state index is 5.98. The smallest absolute Gasteiger partial charge is 0.0840 e. The number of hydrogen-bond acceptors (Lipinski definition) is 0. The highest BCUT2D eigenvalue weighted by Crippen LogP contribution is 2.36. The van der Waals surface area contributed by atoms with Crippen LogP contribution in [0.4, 0.5) is 0 Å². The number of benzene rings is 1. The minimum Gasteiger partial charge on any atom is -0.0840 e. The van der Waals surface area contributed by atoms with Crippen molar-refractivity contribution in [2.45, 2.75) is 17.1 Å². The third kappa shape index (κ3) is 3.67. The van der Waals surface area contributed by atoms with Gasteiger partial charge in [0.25, 0.3) is 0 Å². The Labute approximate surface area is 108 Å². The summed E-state index contributed by atoms with van der Waals surface area (Å²) < 4.78 is -1.37. The van der Waals surface area contributed by atoms with Crippen molar-refractivity contribution in [2.75, 3.05) is 0 Å². The maximum absolute atomic E-state index is 5.98. The minimum absolute atomic E-state index is 0.204. The first-order valence-corrected chi connectivity index (χ1v) is 5.70. The first kappa shape index (κ1) is 12.7. The van der Waals surface area contributed by atoms with Gasteiger partial charge in [0.15, 0.2) is 3.79 Å². The second kappa shape index (κ2) is 4.67. The summed E-state index contributed by atoms with van der Waals surface area (Å²) in [5.74, 6) is 0. The molecule has 1 aromatic carbocycles. The van der Waals surface area contributed by atoms with Gasteiger partial charge in [0.2, 0.25) is 0 Å². The van der Waals surface area contributed by atoms with Gasteiger partial charge in [0.1, 0.15) is 0 Å². The van der Waals surface area contributed by atoms with Gasteiger partial charge in [-0.05, 0) is 30.2 Å². The molecule has 0 aliphatic heterocycles. The van der Waals surface area contributed by atoms with Crippen LogP contribution < -0.4 is 0 Å². The molecule has 0 bridgehead atoms. The van der Waals surface area contributed by atoms with E-state index in [1.807, 2.05) is 6.92 Å². The first-order valence-electron chi connectivity index (χ1n) is 3.81. The quantitative estimate of drug-likeness (QED) is 0.623. The fourth-order valence-electron chi connectivity index (χ4n) is 1.10. The highest BCUT2D eigenvalue weighted by molar-refractivity contribution is 6.67. The summed E-state index contributed by atoms with van der Waals surface area (Å²) in [6, 6.07) is 3.58. The fraction of sp³-hybridized carbons (Fsp3) is 0.333. The van der Waals surface area contributed by atoms with Gasteiger partial charge in [-0.2, -0.15) is 0 Å². The van der Waals surface area contributed by atoms with Crippen LogP contribution >= 0.6 is 58.0 Å². The number of alkyl halides is 3. The molecule has 5 heteroatoms. The zero-order valence-electron chi connectivity index (χ0n) is 7.25. The average Bonchev–Trinajstić information content (AvgIpc) is 1.95. The molecule has 1 aromatic rings. The van der Waals surface area contributed by atoms with Crippen LogP contribution in [0.5, 0.6) is 0 Å². The van der Waals surface area contributed by atoms with Gasteiger partial charge in [-0.3, -0.25) is 0 Å². The predicted octanol–water partition coefficient (Wildman–Crippen LogP) is 5.21. The summed E-state index contributed by atoms with van der Waals surface area (Å²) in [5.41, 5.74) is 1.65. The lowest BCUT2D eigenvalue weighted by Gasteiger charge is -2.14. The Bertz CT molecular complexity index is 317. The highest BCUT2D eigenvalue weighted by atomic mass is 35.6. The van der Waals surface area contributed by atoms with Crippen LogP contribution in [0.2, 0.25) is 10.0 Å². The highest BCUT2D eigenvalue weighted by Gasteiger charge is 2.23. The van der Waals surface area contributed by atoms with E-state index in [1.165, 1.54) is 0 Å². The maximum Gasteiger partial charge on any atom is 0.194 e. The second-order valence-corrected chi connectivity index (χ2v) is 6.33. The summed E-state index contributed by atoms with van der Waals surface area (Å²) in [5, 5.41) is 1.06. The molecule has 0 radical (unpaired) electrons. The Morgan fingerprint density at radius 2 is 1.50 bits per heavy atom. The molecule has 0 unspecified atom stereocenters. The van der Waals surface area contributed by atoms with Gasteiger partial charge >= 0.3 is 0 Å². The summed E-state index contributed by atoms with van der Waals surface area (Å²) in [6.07, 6.45) is 0.204. The molecule has 0 fully saturated rings. The summed E-state index contributed by atoms with van der Waals surface area (Å²) in [6.45, 7) is 1.90. The van der Waals surface area contributed by atoms with Crippen molar-refractivity contribution < 1.29 is 0 Å². The first-order chi connectivity index (χ1) is 6.29. The second-order valence-electron chi connectivity index (χ2n) is 3.00. The van der Waals surface area contributed by atoms with Crippen LogP contribution in [0.25, 0.3) is 0 Å². The monoisotopic (exact) mass is 290 g/mol. The van der Waals surface area contributed by atoms with Crippen LogP contribution in [-0.2, 0) is 6.42 Å². The molecular formula is C9H7Cl5. The van der Waals surface area contributed by atoms with E-state index < -0.39 is 3.79 Å². The Balaban J connectivity index is 3.09. The molecule has 0 atom stereocenters. The summed E-state index contributed by atoms with van der Waals surface area (Å²) >= 11 is 29.0. The Kier molecular flexibility index (Phi) is 4.25. The van der Waals surface area contributed by atoms with Crippen LogP contribution in [-0.4, -0.2) is 3.79 Å². The molecule has 0 nitrogen and oxygen atoms in total. The van der Waals surface area contributed by atoms with Crippen molar-refractivity contribution in [2.24, 2.45) is 0 Å². The summed E-state index contributed by atoms with van der Waals surface area (Å²) in [4.78, 5) is 0. The Morgan fingerprint density at radius 1 is 1.07 bits per heavy atom. The molecule has 0 aliphatic carbocycles. The van der Waals surface area contributed by atoms with Gasteiger partial charge in [-0.15, -0.1) is 0 Å². The average molecular weight is 292 g/mol. The molecule has 1 rings (SSSR count). The number of rotatable bonds is 1. The van der Waals surface area contributed by atoms with Crippen LogP contribution in [0, 0.1) is 6.92 Å². The molecule has 0 heterocycles. The van der Waals surface area contributed by atoms with E-state index in [2.05, 4.69) is 0 Å². The van der Waals surface area contributed by atoms with E-state index in [4.69, 9.17) is 58.0 Å². The van der Waals surface area contributed by atoms with Crippen LogP contribution in [0.3, 0.4) is 0 Å². The van der Waals surface area contributed by atoms with Crippen molar-refractivity contribution in [3.8, 4) is 0 Å². The van der Waals surface area contributed by atoms with E-state index in [1.54, 1.807) is 12.1 Å². The Morgan fingerprint density at radius 3 is 1.86 bits per heavy atom. The van der Waals surface area contributed by atoms with Gasteiger partial charge in [-0.25, -0.2) is 0 Å². The third-order valence-corrected chi connectivity index (χ3v) is 2.74. The lowest BCUT2D eigenvalue weighted by atomic mass is 10.1. The van der Waals surface area contributed by atoms with Crippen molar-refractivity contribution in [3.05, 3.63) is 33.3 Å². The van der Waals surface area contributed by atoms with E-state index in [9.17, 15) is 0 Å². The molecule has 0 amide bonds. The van der Waals surface area contributed by atoms with Gasteiger partial charge < -0.3 is 0 Å². The molecule has 0 aromatic heterocycles. The molecule has 0 spiro atoms. The zero-order chi connectivity index (χ0) is 10.9. The predicted molar refractivity (Wildman–Crippen MR) is 65.2 cm³/mol. The molecule has 0 aliphatic rings. The van der Waals surface area contributed by atoms with Crippen LogP contribution in [0.1, 0.15) is 11.1 Å². The van der Waals surface area contributed by atoms with Gasteiger partial charge in [0, 0.05) is 16.5 Å². The fourth-order valence-corrected chi connectivity index (χ4v) is 2.23. The number of hydrogen-bond donors (Lipinski definition) is 0. The number of aryl methyl sites for hydroxylation is 1. The van der Waals surface area contributed by atoms with Crippen molar-refractivity contribution in [3.63, 3.8) is 0 Å². The molecule has 14 heavy (non-hydrogen) atoms. The normalized spacial score (nSPS) is 11.9. The van der Waals surface area contributed by atoms with E-state index in [-0.39, 0.29) is 6.42 Å².